The zero-order chi connectivity index (χ0) is 27.2. The zero-order valence-electron chi connectivity index (χ0n) is 22.3. The molecule has 0 amide bonds. The predicted octanol–water partition coefficient (Wildman–Crippen LogP) is 11.2. The first-order valence-corrected chi connectivity index (χ1v) is 14.7. The van der Waals surface area contributed by atoms with Crippen molar-refractivity contribution in [3.05, 3.63) is 152 Å². The molecule has 0 atom stereocenters. The van der Waals surface area contributed by atoms with Crippen LogP contribution in [0, 0.1) is 0 Å². The highest BCUT2D eigenvalue weighted by atomic mass is 32.2. The molecule has 0 unspecified atom stereocenters. The van der Waals surface area contributed by atoms with Gasteiger partial charge in [0.05, 0.1) is 0 Å². The van der Waals surface area contributed by atoms with Gasteiger partial charge >= 0.3 is 0 Å². The van der Waals surface area contributed by atoms with Gasteiger partial charge in [-0.3, -0.25) is 4.98 Å². The number of hydrogen-bond donors (Lipinski definition) is 0. The normalized spacial score (nSPS) is 11.5. The van der Waals surface area contributed by atoms with Crippen LogP contribution in [0.3, 0.4) is 0 Å². The summed E-state index contributed by atoms with van der Waals surface area (Å²) >= 11 is 1.83. The Bertz CT molecular complexity index is 2170. The molecule has 1 aromatic heterocycles. The molecule has 0 spiro atoms. The molecule has 2 heteroatoms. The summed E-state index contributed by atoms with van der Waals surface area (Å²) in [5.41, 5.74) is 4.96. The van der Waals surface area contributed by atoms with E-state index in [1.54, 1.807) is 0 Å². The second kappa shape index (κ2) is 9.92. The summed E-state index contributed by atoms with van der Waals surface area (Å²) in [6.07, 6.45) is 3.95. The highest BCUT2D eigenvalue weighted by Gasteiger charge is 2.17. The molecule has 0 aliphatic heterocycles. The van der Waals surface area contributed by atoms with Gasteiger partial charge < -0.3 is 0 Å². The van der Waals surface area contributed by atoms with Gasteiger partial charge in [-0.25, -0.2) is 0 Å². The summed E-state index contributed by atoms with van der Waals surface area (Å²) in [7, 11) is 0. The van der Waals surface area contributed by atoms with Crippen molar-refractivity contribution in [1.82, 2.24) is 4.98 Å². The molecule has 0 saturated carbocycles. The lowest BCUT2D eigenvalue weighted by Crippen LogP contribution is -1.91. The van der Waals surface area contributed by atoms with Crippen molar-refractivity contribution in [2.24, 2.45) is 0 Å². The molecule has 41 heavy (non-hydrogen) atoms. The van der Waals surface area contributed by atoms with Gasteiger partial charge in [0.1, 0.15) is 0 Å². The maximum absolute atomic E-state index is 4.59. The lowest BCUT2D eigenvalue weighted by Gasteiger charge is -2.18. The standard InChI is InChI=1S/C39H25NS/c1-2-10-29-24-30(17-16-26(29)8-1)27-18-20-31(21-19-27)41-39-35-14-6-5-13-34(35)38(37-25-40-23-22-36(37)39)33-15-7-11-28-9-3-4-12-32(28)33/h1-25H. The third kappa shape index (κ3) is 4.16. The Balaban J connectivity index is 1.27. The molecule has 1 heterocycles. The minimum atomic E-state index is 1.18. The maximum Gasteiger partial charge on any atom is 0.0353 e. The lowest BCUT2D eigenvalue weighted by atomic mass is 9.90. The number of fused-ring (bicyclic) bond motifs is 4. The van der Waals surface area contributed by atoms with E-state index in [9.17, 15) is 0 Å². The van der Waals surface area contributed by atoms with Crippen molar-refractivity contribution < 1.29 is 0 Å². The van der Waals surface area contributed by atoms with E-state index in [0.717, 1.165) is 0 Å². The topological polar surface area (TPSA) is 12.9 Å². The van der Waals surface area contributed by atoms with Crippen LogP contribution < -0.4 is 0 Å². The second-order valence-corrected chi connectivity index (χ2v) is 11.5. The molecule has 0 bridgehead atoms. The molecule has 0 fully saturated rings. The molecular weight excluding hydrogens is 515 g/mol. The van der Waals surface area contributed by atoms with Gasteiger partial charge in [0.15, 0.2) is 0 Å². The lowest BCUT2D eigenvalue weighted by molar-refractivity contribution is 1.36. The third-order valence-corrected chi connectivity index (χ3v) is 9.14. The summed E-state index contributed by atoms with van der Waals surface area (Å²) in [5.74, 6) is 0. The highest BCUT2D eigenvalue weighted by molar-refractivity contribution is 7.99. The van der Waals surface area contributed by atoms with Gasteiger partial charge in [0, 0.05) is 27.6 Å². The Morgan fingerprint density at radius 2 is 1.10 bits per heavy atom. The van der Waals surface area contributed by atoms with E-state index in [2.05, 4.69) is 145 Å². The van der Waals surface area contributed by atoms with Crippen molar-refractivity contribution in [3.63, 3.8) is 0 Å². The fourth-order valence-electron chi connectivity index (χ4n) is 6.03. The summed E-state index contributed by atoms with van der Waals surface area (Å²) < 4.78 is 0. The predicted molar refractivity (Wildman–Crippen MR) is 176 cm³/mol. The van der Waals surface area contributed by atoms with Gasteiger partial charge in [-0.05, 0) is 84.2 Å². The Kier molecular flexibility index (Phi) is 5.79. The molecule has 8 aromatic rings. The average Bonchev–Trinajstić information content (AvgIpc) is 3.05. The fraction of sp³-hybridized carbons (Fsp3) is 0. The number of aromatic nitrogens is 1. The largest absolute Gasteiger partial charge is 0.264 e. The minimum absolute atomic E-state index is 1.18. The van der Waals surface area contributed by atoms with E-state index in [-0.39, 0.29) is 0 Å². The first kappa shape index (κ1) is 23.9. The molecule has 0 saturated heterocycles. The summed E-state index contributed by atoms with van der Waals surface area (Å²) in [4.78, 5) is 7.07. The number of nitrogens with zero attached hydrogens (tertiary/aromatic N) is 1. The van der Waals surface area contributed by atoms with Gasteiger partial charge in [-0.2, -0.15) is 0 Å². The average molecular weight is 540 g/mol. The van der Waals surface area contributed by atoms with E-state index in [1.807, 2.05) is 24.2 Å². The van der Waals surface area contributed by atoms with Crippen LogP contribution in [0.1, 0.15) is 0 Å². The van der Waals surface area contributed by atoms with E-state index < -0.39 is 0 Å². The van der Waals surface area contributed by atoms with Gasteiger partial charge in [0.2, 0.25) is 0 Å². The molecule has 192 valence electrons. The van der Waals surface area contributed by atoms with E-state index >= 15 is 0 Å². The SMILES string of the molecule is c1ccc2cc(-c3ccc(Sc4c5ccccc5c(-c5cccc6ccccc56)c5cnccc45)cc3)ccc2c1. The number of rotatable bonds is 4. The summed E-state index contributed by atoms with van der Waals surface area (Å²) in [5, 5.41) is 9.96. The molecule has 0 aliphatic rings. The number of pyridine rings is 1. The summed E-state index contributed by atoms with van der Waals surface area (Å²) in [6, 6.07) is 50.4. The first-order valence-electron chi connectivity index (χ1n) is 13.9. The Morgan fingerprint density at radius 1 is 0.439 bits per heavy atom. The van der Waals surface area contributed by atoms with Crippen molar-refractivity contribution in [1.29, 1.82) is 0 Å². The van der Waals surface area contributed by atoms with Crippen molar-refractivity contribution >= 4 is 54.9 Å². The molecule has 0 N–H and O–H groups in total. The van der Waals surface area contributed by atoms with Crippen molar-refractivity contribution in [2.45, 2.75) is 9.79 Å². The second-order valence-electron chi connectivity index (χ2n) is 10.4. The van der Waals surface area contributed by atoms with Gasteiger partial charge in [-0.1, -0.05) is 127 Å². The highest BCUT2D eigenvalue weighted by Crippen LogP contribution is 2.46. The van der Waals surface area contributed by atoms with Crippen LogP contribution in [0.4, 0.5) is 0 Å². The van der Waals surface area contributed by atoms with Crippen LogP contribution >= 0.6 is 11.8 Å². The quantitative estimate of drug-likeness (QED) is 0.206. The molecule has 7 aromatic carbocycles. The molecular formula is C39H25NS. The van der Waals surface area contributed by atoms with Crippen LogP contribution in [0.5, 0.6) is 0 Å². The summed E-state index contributed by atoms with van der Waals surface area (Å²) in [6.45, 7) is 0. The maximum atomic E-state index is 4.59. The monoisotopic (exact) mass is 539 g/mol. The molecule has 0 radical (unpaired) electrons. The molecule has 1 nitrogen and oxygen atoms in total. The Hall–Kier alpha value is -4.92. The van der Waals surface area contributed by atoms with Crippen LogP contribution in [-0.4, -0.2) is 4.98 Å². The Morgan fingerprint density at radius 3 is 1.95 bits per heavy atom. The van der Waals surface area contributed by atoms with Crippen LogP contribution in [0.15, 0.2) is 162 Å². The van der Waals surface area contributed by atoms with E-state index in [0.29, 0.717) is 0 Å². The third-order valence-electron chi connectivity index (χ3n) is 7.99. The smallest absolute Gasteiger partial charge is 0.0353 e. The Labute approximate surface area is 243 Å². The van der Waals surface area contributed by atoms with Gasteiger partial charge in [0.25, 0.3) is 0 Å². The van der Waals surface area contributed by atoms with Crippen LogP contribution in [0.2, 0.25) is 0 Å². The molecule has 8 rings (SSSR count). The van der Waals surface area contributed by atoms with E-state index in [1.165, 1.54) is 75.1 Å². The van der Waals surface area contributed by atoms with Gasteiger partial charge in [-0.15, -0.1) is 0 Å². The minimum Gasteiger partial charge on any atom is -0.264 e. The van der Waals surface area contributed by atoms with Crippen LogP contribution in [-0.2, 0) is 0 Å². The first-order chi connectivity index (χ1) is 20.3. The van der Waals surface area contributed by atoms with Crippen LogP contribution in [0.25, 0.3) is 65.3 Å². The van der Waals surface area contributed by atoms with Crippen molar-refractivity contribution in [2.75, 3.05) is 0 Å². The van der Waals surface area contributed by atoms with E-state index in [4.69, 9.17) is 0 Å². The fourth-order valence-corrected chi connectivity index (χ4v) is 7.11. The number of benzene rings is 7. The number of hydrogen-bond acceptors (Lipinski definition) is 2. The molecule has 0 aliphatic carbocycles. The zero-order valence-corrected chi connectivity index (χ0v) is 23.1. The van der Waals surface area contributed by atoms with Crippen molar-refractivity contribution in [3.8, 4) is 22.3 Å².